The van der Waals surface area contributed by atoms with Crippen LogP contribution >= 0.6 is 0 Å². The maximum Gasteiger partial charge on any atom is 0.132 e. The van der Waals surface area contributed by atoms with Crippen LogP contribution < -0.4 is 16.2 Å². The molecule has 1 aliphatic heterocycles. The topological polar surface area (TPSA) is 79.7 Å². The monoisotopic (exact) mass is 401 g/mol. The van der Waals surface area contributed by atoms with Crippen molar-refractivity contribution in [1.29, 1.82) is 0 Å². The number of anilines is 1. The van der Waals surface area contributed by atoms with E-state index in [4.69, 9.17) is 10.1 Å². The lowest BCUT2D eigenvalue weighted by Crippen LogP contribution is -2.33. The summed E-state index contributed by atoms with van der Waals surface area (Å²) >= 11 is 0. The van der Waals surface area contributed by atoms with Crippen LogP contribution in [0.15, 0.2) is 54.3 Å². The molecule has 3 aromatic rings. The van der Waals surface area contributed by atoms with Gasteiger partial charge in [-0.05, 0) is 60.9 Å². The zero-order chi connectivity index (χ0) is 20.7. The van der Waals surface area contributed by atoms with Crippen molar-refractivity contribution >= 4 is 16.9 Å². The summed E-state index contributed by atoms with van der Waals surface area (Å²) in [6.45, 7) is 4.34. The number of allylic oxidation sites excluding steroid dienone is 2. The third-order valence-electron chi connectivity index (χ3n) is 5.62. The number of hydrogen-bond donors (Lipinski definition) is 3. The highest BCUT2D eigenvalue weighted by atomic mass is 15.4. The van der Waals surface area contributed by atoms with E-state index in [1.54, 1.807) is 0 Å². The summed E-state index contributed by atoms with van der Waals surface area (Å²) in [5.41, 5.74) is 12.6. The number of hydrogen-bond acceptors (Lipinski definition) is 6. The minimum Gasteiger partial charge on any atom is -0.325 e. The predicted molar refractivity (Wildman–Crippen MR) is 119 cm³/mol. The number of pyridine rings is 2. The van der Waals surface area contributed by atoms with Gasteiger partial charge in [0, 0.05) is 36.8 Å². The molecular weight excluding hydrogens is 374 g/mol. The number of aromatic nitrogens is 4. The van der Waals surface area contributed by atoms with E-state index in [2.05, 4.69) is 53.3 Å². The van der Waals surface area contributed by atoms with Crippen LogP contribution in [0.2, 0.25) is 0 Å². The molecule has 1 aliphatic carbocycles. The average molecular weight is 402 g/mol. The highest BCUT2D eigenvalue weighted by molar-refractivity contribution is 5.82. The molecule has 2 aliphatic rings. The fourth-order valence-corrected chi connectivity index (χ4v) is 3.73. The third kappa shape index (κ3) is 3.87. The van der Waals surface area contributed by atoms with E-state index in [0.717, 1.165) is 51.8 Å². The quantitative estimate of drug-likeness (QED) is 0.582. The molecule has 0 bridgehead atoms. The number of nitrogens with one attached hydrogen (secondary N) is 3. The van der Waals surface area contributed by atoms with Gasteiger partial charge in [-0.15, -0.1) is 0 Å². The number of hydrazine groups is 1. The van der Waals surface area contributed by atoms with Crippen molar-refractivity contribution in [3.8, 4) is 11.1 Å². The first kappa shape index (κ1) is 18.7. The van der Waals surface area contributed by atoms with Gasteiger partial charge in [0.15, 0.2) is 0 Å². The molecule has 30 heavy (non-hydrogen) atoms. The normalized spacial score (nSPS) is 16.1. The minimum atomic E-state index is 0.442. The van der Waals surface area contributed by atoms with Crippen LogP contribution in [-0.4, -0.2) is 19.7 Å². The molecule has 0 unspecified atom stereocenters. The fraction of sp³-hybridized carbons (Fsp3) is 0.348. The molecule has 7 nitrogen and oxygen atoms in total. The molecule has 4 heterocycles. The molecule has 1 saturated carbocycles. The molecule has 0 spiro atoms. The van der Waals surface area contributed by atoms with Crippen LogP contribution in [0, 0.1) is 11.8 Å². The van der Waals surface area contributed by atoms with Crippen LogP contribution in [0.3, 0.4) is 0 Å². The largest absolute Gasteiger partial charge is 0.325 e. The van der Waals surface area contributed by atoms with Crippen LogP contribution in [0.4, 0.5) is 5.82 Å². The highest BCUT2D eigenvalue weighted by Crippen LogP contribution is 2.35. The van der Waals surface area contributed by atoms with Crippen molar-refractivity contribution < 1.29 is 0 Å². The second-order valence-corrected chi connectivity index (χ2v) is 8.52. The maximum atomic E-state index is 4.81. The van der Waals surface area contributed by atoms with E-state index in [-0.39, 0.29) is 0 Å². The van der Waals surface area contributed by atoms with Crippen molar-refractivity contribution in [3.05, 3.63) is 60.0 Å². The molecule has 0 radical (unpaired) electrons. The van der Waals surface area contributed by atoms with Gasteiger partial charge in [-0.25, -0.2) is 4.98 Å². The summed E-state index contributed by atoms with van der Waals surface area (Å²) in [4.78, 5) is 9.45. The molecule has 0 amide bonds. The lowest BCUT2D eigenvalue weighted by molar-refractivity contribution is 0.677. The van der Waals surface area contributed by atoms with E-state index in [1.807, 2.05) is 36.3 Å². The van der Waals surface area contributed by atoms with E-state index in [0.29, 0.717) is 5.92 Å². The Morgan fingerprint density at radius 3 is 2.90 bits per heavy atom. The fourth-order valence-electron chi connectivity index (χ4n) is 3.73. The Hall–Kier alpha value is -3.35. The molecule has 7 heteroatoms. The van der Waals surface area contributed by atoms with Crippen molar-refractivity contribution in [2.75, 3.05) is 5.32 Å². The second-order valence-electron chi connectivity index (χ2n) is 8.52. The van der Waals surface area contributed by atoms with Crippen molar-refractivity contribution in [2.45, 2.75) is 33.1 Å². The smallest absolute Gasteiger partial charge is 0.132 e. The van der Waals surface area contributed by atoms with Gasteiger partial charge in [0.05, 0.1) is 16.7 Å². The summed E-state index contributed by atoms with van der Waals surface area (Å²) in [5, 5.41) is 8.05. The Morgan fingerprint density at radius 2 is 2.10 bits per heavy atom. The van der Waals surface area contributed by atoms with Crippen LogP contribution in [-0.2, 0) is 13.5 Å². The van der Waals surface area contributed by atoms with E-state index < -0.39 is 0 Å². The number of aryl methyl sites for hydroxylation is 1. The SMILES string of the molecule is CC(C)C1=CNNC(Nc2ccc3ncc(-c4cn(C)nc4CC4CC4)cc3n2)=C1. The maximum absolute atomic E-state index is 4.81. The molecule has 154 valence electrons. The van der Waals surface area contributed by atoms with Gasteiger partial charge >= 0.3 is 0 Å². The molecule has 1 fully saturated rings. The van der Waals surface area contributed by atoms with E-state index in [9.17, 15) is 0 Å². The molecule has 3 N–H and O–H groups in total. The minimum absolute atomic E-state index is 0.442. The lowest BCUT2D eigenvalue weighted by atomic mass is 10.0. The number of fused-ring (bicyclic) bond motifs is 1. The van der Waals surface area contributed by atoms with E-state index in [1.165, 1.54) is 18.4 Å². The molecule has 5 rings (SSSR count). The molecule has 0 saturated heterocycles. The molecule has 3 aromatic heterocycles. The Morgan fingerprint density at radius 1 is 1.23 bits per heavy atom. The standard InChI is InChI=1S/C23H27N7/c1-14(2)16-10-23(28-25-12-16)27-22-7-6-19-21(26-22)9-17(11-24-19)18-13-30(3)29-20(18)8-15-4-5-15/h6-7,9-15,25,28H,4-5,8H2,1-3H3,(H,26,27). The third-order valence-corrected chi connectivity index (χ3v) is 5.62. The predicted octanol–water partition coefficient (Wildman–Crippen LogP) is 3.88. The van der Waals surface area contributed by atoms with Gasteiger partial charge in [-0.2, -0.15) is 5.10 Å². The van der Waals surface area contributed by atoms with E-state index >= 15 is 0 Å². The van der Waals surface area contributed by atoms with Crippen molar-refractivity contribution in [3.63, 3.8) is 0 Å². The van der Waals surface area contributed by atoms with Crippen molar-refractivity contribution in [1.82, 2.24) is 30.6 Å². The Labute approximate surface area is 176 Å². The first-order valence-corrected chi connectivity index (χ1v) is 10.5. The Bertz CT molecular complexity index is 1150. The summed E-state index contributed by atoms with van der Waals surface area (Å²) in [7, 11) is 1.98. The zero-order valence-electron chi connectivity index (χ0n) is 17.6. The average Bonchev–Trinajstić information content (AvgIpc) is 3.48. The van der Waals surface area contributed by atoms with Gasteiger partial charge in [0.2, 0.25) is 0 Å². The zero-order valence-corrected chi connectivity index (χ0v) is 17.6. The number of rotatable bonds is 6. The summed E-state index contributed by atoms with van der Waals surface area (Å²) in [5.74, 6) is 2.88. The Kier molecular flexibility index (Phi) is 4.65. The molecule has 0 atom stereocenters. The summed E-state index contributed by atoms with van der Waals surface area (Å²) < 4.78 is 1.90. The van der Waals surface area contributed by atoms with Crippen LogP contribution in [0.25, 0.3) is 22.2 Å². The first-order chi connectivity index (χ1) is 14.5. The Balaban J connectivity index is 1.44. The summed E-state index contributed by atoms with van der Waals surface area (Å²) in [6.07, 6.45) is 11.8. The van der Waals surface area contributed by atoms with Gasteiger partial charge in [-0.3, -0.25) is 15.1 Å². The molecular formula is C23H27N7. The highest BCUT2D eigenvalue weighted by Gasteiger charge is 2.25. The van der Waals surface area contributed by atoms with Gasteiger partial charge < -0.3 is 10.7 Å². The number of nitrogens with zero attached hydrogens (tertiary/aromatic N) is 4. The lowest BCUT2D eigenvalue weighted by Gasteiger charge is -2.20. The first-order valence-electron chi connectivity index (χ1n) is 10.5. The molecule has 0 aromatic carbocycles. The van der Waals surface area contributed by atoms with Gasteiger partial charge in [0.25, 0.3) is 0 Å². The van der Waals surface area contributed by atoms with Gasteiger partial charge in [0.1, 0.15) is 11.6 Å². The van der Waals surface area contributed by atoms with Crippen molar-refractivity contribution in [2.24, 2.45) is 18.9 Å². The summed E-state index contributed by atoms with van der Waals surface area (Å²) in [6, 6.07) is 6.06. The van der Waals surface area contributed by atoms with Crippen LogP contribution in [0.5, 0.6) is 0 Å². The van der Waals surface area contributed by atoms with Crippen LogP contribution in [0.1, 0.15) is 32.4 Å². The second kappa shape index (κ2) is 7.48. The van der Waals surface area contributed by atoms with Gasteiger partial charge in [-0.1, -0.05) is 13.8 Å².